The molecule has 0 saturated heterocycles. The van der Waals surface area contributed by atoms with Crippen LogP contribution in [0.3, 0.4) is 0 Å². The van der Waals surface area contributed by atoms with Gasteiger partial charge in [-0.15, -0.1) is 0 Å². The highest BCUT2D eigenvalue weighted by molar-refractivity contribution is 8.13. The van der Waals surface area contributed by atoms with E-state index in [0.717, 1.165) is 25.0 Å². The number of carbonyl (C=O) groups is 1. The molecule has 5 heteroatoms. The highest BCUT2D eigenvalue weighted by atomic mass is 32.2. The highest BCUT2D eigenvalue weighted by Gasteiger charge is 2.64. The lowest BCUT2D eigenvalue weighted by Gasteiger charge is -2.33. The SMILES string of the molecule is CCSC(=O)OC1/C=C/CCC2C(C1)C1CCC2C1(OC)OC. The molecule has 0 aromatic carbocycles. The monoisotopic (exact) mass is 340 g/mol. The molecule has 0 amide bonds. The van der Waals surface area contributed by atoms with Crippen molar-refractivity contribution in [1.82, 2.24) is 0 Å². The Kier molecular flexibility index (Phi) is 5.39. The van der Waals surface area contributed by atoms with E-state index in [1.807, 2.05) is 6.92 Å². The van der Waals surface area contributed by atoms with E-state index in [1.54, 1.807) is 14.2 Å². The first-order chi connectivity index (χ1) is 11.2. The molecule has 0 aromatic heterocycles. The van der Waals surface area contributed by atoms with Gasteiger partial charge in [-0.3, -0.25) is 0 Å². The zero-order chi connectivity index (χ0) is 16.4. The molecule has 3 aliphatic carbocycles. The number of thioether (sulfide) groups is 1. The van der Waals surface area contributed by atoms with Crippen molar-refractivity contribution < 1.29 is 19.0 Å². The first kappa shape index (κ1) is 17.3. The van der Waals surface area contributed by atoms with Gasteiger partial charge in [-0.2, -0.15) is 0 Å². The van der Waals surface area contributed by atoms with Gasteiger partial charge in [0, 0.05) is 31.8 Å². The summed E-state index contributed by atoms with van der Waals surface area (Å²) in [6.07, 6.45) is 9.61. The van der Waals surface area contributed by atoms with E-state index >= 15 is 0 Å². The van der Waals surface area contributed by atoms with Crippen LogP contribution in [0.5, 0.6) is 0 Å². The second-order valence-electron chi connectivity index (χ2n) is 6.83. The summed E-state index contributed by atoms with van der Waals surface area (Å²) in [7, 11) is 3.56. The molecule has 0 aromatic rings. The van der Waals surface area contributed by atoms with Crippen LogP contribution in [-0.2, 0) is 14.2 Å². The number of hydrogen-bond acceptors (Lipinski definition) is 5. The Morgan fingerprint density at radius 3 is 2.52 bits per heavy atom. The number of ether oxygens (including phenoxy) is 3. The molecule has 2 bridgehead atoms. The van der Waals surface area contributed by atoms with Crippen molar-refractivity contribution in [3.63, 3.8) is 0 Å². The van der Waals surface area contributed by atoms with Gasteiger partial charge in [-0.25, -0.2) is 4.79 Å². The topological polar surface area (TPSA) is 44.8 Å². The second kappa shape index (κ2) is 7.16. The van der Waals surface area contributed by atoms with Crippen LogP contribution in [0.2, 0.25) is 0 Å². The number of carbonyl (C=O) groups excluding carboxylic acids is 1. The third-order valence-electron chi connectivity index (χ3n) is 6.08. The summed E-state index contributed by atoms with van der Waals surface area (Å²) >= 11 is 1.24. The van der Waals surface area contributed by atoms with Crippen LogP contribution in [0.15, 0.2) is 12.2 Å². The van der Waals surface area contributed by atoms with Crippen molar-refractivity contribution in [1.29, 1.82) is 0 Å². The molecule has 0 N–H and O–H groups in total. The minimum absolute atomic E-state index is 0.111. The molecule has 4 nitrogen and oxygen atoms in total. The van der Waals surface area contributed by atoms with Crippen molar-refractivity contribution in [2.45, 2.75) is 50.9 Å². The van der Waals surface area contributed by atoms with Gasteiger partial charge in [0.05, 0.1) is 0 Å². The molecule has 2 saturated carbocycles. The number of hydrogen-bond donors (Lipinski definition) is 0. The van der Waals surface area contributed by atoms with E-state index in [-0.39, 0.29) is 11.4 Å². The Balaban J connectivity index is 1.77. The van der Waals surface area contributed by atoms with E-state index in [9.17, 15) is 4.79 Å². The molecule has 0 spiro atoms. The summed E-state index contributed by atoms with van der Waals surface area (Å²) in [6, 6.07) is 0. The average Bonchev–Trinajstić information content (AvgIpc) is 2.99. The number of methoxy groups -OCH3 is 2. The Labute approximate surface area is 143 Å². The molecule has 5 unspecified atom stereocenters. The number of fused-ring (bicyclic) bond motifs is 5. The summed E-state index contributed by atoms with van der Waals surface area (Å²) in [6.45, 7) is 1.97. The van der Waals surface area contributed by atoms with Gasteiger partial charge in [0.15, 0.2) is 5.79 Å². The molecule has 3 rings (SSSR count). The van der Waals surface area contributed by atoms with Crippen molar-refractivity contribution in [2.24, 2.45) is 23.7 Å². The van der Waals surface area contributed by atoms with Gasteiger partial charge in [-0.1, -0.05) is 13.0 Å². The van der Waals surface area contributed by atoms with E-state index in [1.165, 1.54) is 24.6 Å². The van der Waals surface area contributed by atoms with E-state index in [0.29, 0.717) is 23.7 Å². The first-order valence-electron chi connectivity index (χ1n) is 8.76. The molecule has 3 aliphatic rings. The molecule has 0 aliphatic heterocycles. The summed E-state index contributed by atoms with van der Waals surface area (Å²) in [5, 5.41) is -0.160. The Hall–Kier alpha value is -0.520. The van der Waals surface area contributed by atoms with Crippen molar-refractivity contribution in [3.8, 4) is 0 Å². The summed E-state index contributed by atoms with van der Waals surface area (Å²) < 4.78 is 17.5. The van der Waals surface area contributed by atoms with E-state index in [4.69, 9.17) is 14.2 Å². The van der Waals surface area contributed by atoms with Gasteiger partial charge in [0.2, 0.25) is 0 Å². The summed E-state index contributed by atoms with van der Waals surface area (Å²) in [5.74, 6) is 2.34. The van der Waals surface area contributed by atoms with Gasteiger partial charge in [0.25, 0.3) is 0 Å². The fourth-order valence-electron chi connectivity index (χ4n) is 5.35. The normalized spacial score (nSPS) is 39.3. The van der Waals surface area contributed by atoms with Crippen LogP contribution in [0.25, 0.3) is 0 Å². The molecule has 0 heterocycles. The smallest absolute Gasteiger partial charge is 0.367 e. The summed E-state index contributed by atoms with van der Waals surface area (Å²) in [4.78, 5) is 11.9. The van der Waals surface area contributed by atoms with E-state index < -0.39 is 5.79 Å². The molecular weight excluding hydrogens is 312 g/mol. The van der Waals surface area contributed by atoms with E-state index in [2.05, 4.69) is 12.2 Å². The van der Waals surface area contributed by atoms with Crippen LogP contribution in [0.1, 0.15) is 39.0 Å². The lowest BCUT2D eigenvalue weighted by molar-refractivity contribution is -0.239. The average molecular weight is 340 g/mol. The molecule has 2 fully saturated rings. The predicted octanol–water partition coefficient (Wildman–Crippen LogP) is 4.25. The lowest BCUT2D eigenvalue weighted by atomic mass is 9.73. The molecule has 0 radical (unpaired) electrons. The van der Waals surface area contributed by atoms with Crippen LogP contribution in [0, 0.1) is 23.7 Å². The van der Waals surface area contributed by atoms with Crippen LogP contribution in [0.4, 0.5) is 4.79 Å². The first-order valence-corrected chi connectivity index (χ1v) is 9.75. The summed E-state index contributed by atoms with van der Waals surface area (Å²) in [5.41, 5.74) is 0. The zero-order valence-corrected chi connectivity index (χ0v) is 15.1. The van der Waals surface area contributed by atoms with Crippen LogP contribution in [-0.4, -0.2) is 37.2 Å². The predicted molar refractivity (Wildman–Crippen MR) is 91.3 cm³/mol. The van der Waals surface area contributed by atoms with Gasteiger partial charge >= 0.3 is 5.30 Å². The van der Waals surface area contributed by atoms with Gasteiger partial charge in [-0.05, 0) is 61.8 Å². The Morgan fingerprint density at radius 2 is 1.87 bits per heavy atom. The van der Waals surface area contributed by atoms with Crippen LogP contribution < -0.4 is 0 Å². The maximum Gasteiger partial charge on any atom is 0.367 e. The fraction of sp³-hybridized carbons (Fsp3) is 0.833. The van der Waals surface area contributed by atoms with Crippen molar-refractivity contribution in [3.05, 3.63) is 12.2 Å². The largest absolute Gasteiger partial charge is 0.450 e. The third-order valence-corrected chi connectivity index (χ3v) is 6.70. The quantitative estimate of drug-likeness (QED) is 0.435. The Morgan fingerprint density at radius 1 is 1.17 bits per heavy atom. The van der Waals surface area contributed by atoms with Crippen LogP contribution >= 0.6 is 11.8 Å². The third kappa shape index (κ3) is 2.96. The fourth-order valence-corrected chi connectivity index (χ4v) is 5.78. The molecule has 130 valence electrons. The molecule has 23 heavy (non-hydrogen) atoms. The standard InChI is InChI=1S/C18H28O4S/c1-4-23-17(19)22-12-7-5-6-8-13-14(11-12)16-10-9-15(13)18(16,20-2)21-3/h5,7,12-16H,4,6,8-11H2,1-3H3/b7-5+. The number of rotatable bonds is 4. The minimum Gasteiger partial charge on any atom is -0.450 e. The van der Waals surface area contributed by atoms with Crippen molar-refractivity contribution >= 4 is 17.1 Å². The highest BCUT2D eigenvalue weighted by Crippen LogP contribution is 2.62. The molecule has 5 atom stereocenters. The maximum atomic E-state index is 11.9. The van der Waals surface area contributed by atoms with Crippen molar-refractivity contribution in [2.75, 3.05) is 20.0 Å². The Bertz CT molecular complexity index is 460. The maximum absolute atomic E-state index is 11.9. The van der Waals surface area contributed by atoms with Gasteiger partial charge in [0.1, 0.15) is 6.10 Å². The zero-order valence-electron chi connectivity index (χ0n) is 14.3. The molecular formula is C18H28O4S. The lowest BCUT2D eigenvalue weighted by Crippen LogP contribution is -2.40. The second-order valence-corrected chi connectivity index (χ2v) is 8.03. The minimum atomic E-state index is -0.424. The number of allylic oxidation sites excluding steroid dienone is 1. The van der Waals surface area contributed by atoms with Gasteiger partial charge < -0.3 is 14.2 Å².